The quantitative estimate of drug-likeness (QED) is 0.165. The van der Waals surface area contributed by atoms with Crippen molar-refractivity contribution in [2.75, 3.05) is 20.3 Å². The largest absolute Gasteiger partial charge is 0.494 e. The van der Waals surface area contributed by atoms with E-state index in [0.717, 1.165) is 11.1 Å². The molecule has 0 bridgehead atoms. The summed E-state index contributed by atoms with van der Waals surface area (Å²) in [6.07, 6.45) is 1.46. The van der Waals surface area contributed by atoms with Crippen molar-refractivity contribution in [3.05, 3.63) is 82.9 Å². The molecule has 0 spiro atoms. The number of nitrogens with zero attached hydrogens (tertiary/aromatic N) is 1. The molecule has 8 nitrogen and oxygen atoms in total. The zero-order valence-corrected chi connectivity index (χ0v) is 21.7. The number of hydrogen-bond donors (Lipinski definition) is 1. The molecule has 8 heteroatoms. The molecule has 0 aliphatic carbocycles. The summed E-state index contributed by atoms with van der Waals surface area (Å²) in [6, 6.07) is 17.6. The number of amides is 1. The van der Waals surface area contributed by atoms with Gasteiger partial charge in [0.15, 0.2) is 18.1 Å². The molecule has 0 atom stereocenters. The molecule has 0 saturated carbocycles. The Bertz CT molecular complexity index is 1250. The van der Waals surface area contributed by atoms with Gasteiger partial charge in [-0.2, -0.15) is 5.10 Å². The van der Waals surface area contributed by atoms with Gasteiger partial charge in [0.1, 0.15) is 11.5 Å². The molecular formula is C29H32N2O6. The van der Waals surface area contributed by atoms with E-state index in [-0.39, 0.29) is 12.4 Å². The van der Waals surface area contributed by atoms with Crippen LogP contribution in [0, 0.1) is 6.92 Å². The number of nitrogens with one attached hydrogen (secondary N) is 1. The summed E-state index contributed by atoms with van der Waals surface area (Å²) in [6.45, 7) is 8.40. The van der Waals surface area contributed by atoms with E-state index in [1.54, 1.807) is 42.5 Å². The molecule has 37 heavy (non-hydrogen) atoms. The van der Waals surface area contributed by atoms with Crippen molar-refractivity contribution < 1.29 is 28.5 Å². The number of hydrazone groups is 1. The highest BCUT2D eigenvalue weighted by Gasteiger charge is 2.13. The van der Waals surface area contributed by atoms with Gasteiger partial charge >= 0.3 is 5.97 Å². The number of hydrogen-bond acceptors (Lipinski definition) is 7. The van der Waals surface area contributed by atoms with Crippen molar-refractivity contribution in [1.29, 1.82) is 0 Å². The number of esters is 1. The molecule has 1 N–H and O–H groups in total. The SMILES string of the molecule is CCOc1ccc(C(=O)Oc2ccc(/C=N\NC(=O)COc3cc(C(C)C)ccc3C)cc2OC)cc1. The molecule has 0 aliphatic rings. The average Bonchev–Trinajstić information content (AvgIpc) is 2.89. The summed E-state index contributed by atoms with van der Waals surface area (Å²) >= 11 is 0. The second-order valence-electron chi connectivity index (χ2n) is 8.52. The first kappa shape index (κ1) is 27.3. The Morgan fingerprint density at radius 1 is 0.946 bits per heavy atom. The zero-order chi connectivity index (χ0) is 26.8. The minimum absolute atomic E-state index is 0.163. The van der Waals surface area contributed by atoms with E-state index in [4.69, 9.17) is 18.9 Å². The first-order valence-corrected chi connectivity index (χ1v) is 12.0. The van der Waals surface area contributed by atoms with E-state index < -0.39 is 11.9 Å². The fourth-order valence-corrected chi connectivity index (χ4v) is 3.35. The summed E-state index contributed by atoms with van der Waals surface area (Å²) in [7, 11) is 1.47. The van der Waals surface area contributed by atoms with Crippen LogP contribution in [0.2, 0.25) is 0 Å². The Morgan fingerprint density at radius 2 is 1.70 bits per heavy atom. The van der Waals surface area contributed by atoms with Crippen LogP contribution in [0.4, 0.5) is 0 Å². The highest BCUT2D eigenvalue weighted by molar-refractivity contribution is 5.92. The topological polar surface area (TPSA) is 95.5 Å². The first-order valence-electron chi connectivity index (χ1n) is 12.0. The van der Waals surface area contributed by atoms with Crippen LogP contribution in [0.1, 0.15) is 53.7 Å². The van der Waals surface area contributed by atoms with Crippen molar-refractivity contribution in [2.24, 2.45) is 5.10 Å². The third-order valence-corrected chi connectivity index (χ3v) is 5.43. The third-order valence-electron chi connectivity index (χ3n) is 5.43. The van der Waals surface area contributed by atoms with Crippen LogP contribution in [0.15, 0.2) is 65.8 Å². The highest BCUT2D eigenvalue weighted by Crippen LogP contribution is 2.29. The molecule has 0 saturated heterocycles. The fraction of sp³-hybridized carbons (Fsp3) is 0.276. The Hall–Kier alpha value is -4.33. The smallest absolute Gasteiger partial charge is 0.343 e. The molecule has 194 valence electrons. The van der Waals surface area contributed by atoms with Crippen LogP contribution in [-0.4, -0.2) is 38.4 Å². The van der Waals surface area contributed by atoms with E-state index in [9.17, 15) is 9.59 Å². The lowest BCUT2D eigenvalue weighted by Crippen LogP contribution is -2.24. The molecule has 0 fully saturated rings. The Labute approximate surface area is 217 Å². The normalized spacial score (nSPS) is 10.9. The third kappa shape index (κ3) is 7.83. The van der Waals surface area contributed by atoms with E-state index in [2.05, 4.69) is 30.4 Å². The van der Waals surface area contributed by atoms with E-state index >= 15 is 0 Å². The predicted molar refractivity (Wildman–Crippen MR) is 142 cm³/mol. The van der Waals surface area contributed by atoms with Gasteiger partial charge in [-0.1, -0.05) is 26.0 Å². The van der Waals surface area contributed by atoms with E-state index in [0.29, 0.717) is 40.9 Å². The predicted octanol–water partition coefficient (Wildman–Crippen LogP) is 5.27. The minimum atomic E-state index is -0.524. The van der Waals surface area contributed by atoms with Gasteiger partial charge in [0.25, 0.3) is 5.91 Å². The van der Waals surface area contributed by atoms with Crippen molar-refractivity contribution >= 4 is 18.1 Å². The molecule has 3 aromatic carbocycles. The van der Waals surface area contributed by atoms with Crippen molar-refractivity contribution in [1.82, 2.24) is 5.43 Å². The summed E-state index contributed by atoms with van der Waals surface area (Å²) in [5.41, 5.74) is 5.56. The lowest BCUT2D eigenvalue weighted by atomic mass is 10.0. The van der Waals surface area contributed by atoms with Crippen LogP contribution in [0.5, 0.6) is 23.0 Å². The van der Waals surface area contributed by atoms with Crippen LogP contribution in [0.3, 0.4) is 0 Å². The molecule has 0 aliphatic heterocycles. The second kappa shape index (κ2) is 13.1. The molecule has 1 amide bonds. The van der Waals surface area contributed by atoms with Crippen LogP contribution >= 0.6 is 0 Å². The highest BCUT2D eigenvalue weighted by atomic mass is 16.6. The lowest BCUT2D eigenvalue weighted by Gasteiger charge is -2.12. The molecule has 0 heterocycles. The number of aryl methyl sites for hydroxylation is 1. The Kier molecular flexibility index (Phi) is 9.66. The molecule has 3 rings (SSSR count). The zero-order valence-electron chi connectivity index (χ0n) is 21.7. The second-order valence-corrected chi connectivity index (χ2v) is 8.52. The molecule has 0 aromatic heterocycles. The minimum Gasteiger partial charge on any atom is -0.494 e. The molecule has 0 unspecified atom stereocenters. The fourth-order valence-electron chi connectivity index (χ4n) is 3.35. The maximum Gasteiger partial charge on any atom is 0.343 e. The summed E-state index contributed by atoms with van der Waals surface area (Å²) < 4.78 is 21.9. The van der Waals surface area contributed by atoms with Gasteiger partial charge in [0.2, 0.25) is 0 Å². The van der Waals surface area contributed by atoms with Gasteiger partial charge in [-0.3, -0.25) is 4.79 Å². The standard InChI is InChI=1S/C29H32N2O6/c1-6-35-24-12-10-22(11-13-24)29(33)37-25-14-8-21(15-27(25)34-5)17-30-31-28(32)18-36-26-16-23(19(2)3)9-7-20(26)4/h7-17,19H,6,18H2,1-5H3,(H,31,32)/b30-17-. The van der Waals surface area contributed by atoms with Gasteiger partial charge in [-0.25, -0.2) is 10.2 Å². The first-order chi connectivity index (χ1) is 17.8. The lowest BCUT2D eigenvalue weighted by molar-refractivity contribution is -0.123. The van der Waals surface area contributed by atoms with Gasteiger partial charge in [-0.15, -0.1) is 0 Å². The summed E-state index contributed by atoms with van der Waals surface area (Å²) in [5.74, 6) is 1.40. The van der Waals surface area contributed by atoms with E-state index in [1.807, 2.05) is 26.0 Å². The maximum absolute atomic E-state index is 12.5. The van der Waals surface area contributed by atoms with Crippen molar-refractivity contribution in [3.8, 4) is 23.0 Å². The van der Waals surface area contributed by atoms with Crippen LogP contribution in [-0.2, 0) is 4.79 Å². The van der Waals surface area contributed by atoms with Gasteiger partial charge in [-0.05, 0) is 85.0 Å². The Morgan fingerprint density at radius 3 is 2.38 bits per heavy atom. The number of benzene rings is 3. The van der Waals surface area contributed by atoms with E-state index in [1.165, 1.54) is 13.3 Å². The Balaban J connectivity index is 1.56. The molecule has 0 radical (unpaired) electrons. The summed E-state index contributed by atoms with van der Waals surface area (Å²) in [5, 5.41) is 3.98. The average molecular weight is 505 g/mol. The monoisotopic (exact) mass is 504 g/mol. The molecular weight excluding hydrogens is 472 g/mol. The van der Waals surface area contributed by atoms with Crippen molar-refractivity contribution in [2.45, 2.75) is 33.6 Å². The number of methoxy groups -OCH3 is 1. The molecule has 3 aromatic rings. The van der Waals surface area contributed by atoms with Crippen LogP contribution in [0.25, 0.3) is 0 Å². The maximum atomic E-state index is 12.5. The number of ether oxygens (including phenoxy) is 4. The number of carbonyl (C=O) groups excluding carboxylic acids is 2. The van der Waals surface area contributed by atoms with Crippen LogP contribution < -0.4 is 24.4 Å². The van der Waals surface area contributed by atoms with Gasteiger partial charge in [0, 0.05) is 0 Å². The van der Waals surface area contributed by atoms with Crippen molar-refractivity contribution in [3.63, 3.8) is 0 Å². The van der Waals surface area contributed by atoms with Gasteiger partial charge in [0.05, 0.1) is 25.5 Å². The number of rotatable bonds is 11. The summed E-state index contributed by atoms with van der Waals surface area (Å²) in [4.78, 5) is 24.7. The number of carbonyl (C=O) groups is 2. The van der Waals surface area contributed by atoms with Gasteiger partial charge < -0.3 is 18.9 Å².